The lowest BCUT2D eigenvalue weighted by Crippen LogP contribution is -2.11. The van der Waals surface area contributed by atoms with Crippen LogP contribution in [0, 0.1) is 6.92 Å². The third-order valence-corrected chi connectivity index (χ3v) is 3.96. The predicted molar refractivity (Wildman–Crippen MR) is 84.5 cm³/mol. The molecule has 1 heterocycles. The van der Waals surface area contributed by atoms with Crippen LogP contribution in [-0.2, 0) is 6.42 Å². The van der Waals surface area contributed by atoms with Gasteiger partial charge >= 0.3 is 0 Å². The number of carbonyl (C=O) groups is 1. The van der Waals surface area contributed by atoms with Crippen molar-refractivity contribution < 1.29 is 4.79 Å². The quantitative estimate of drug-likeness (QED) is 0.799. The van der Waals surface area contributed by atoms with Crippen LogP contribution in [0.1, 0.15) is 47.0 Å². The Balaban J connectivity index is 1.93. The van der Waals surface area contributed by atoms with Gasteiger partial charge in [-0.05, 0) is 37.5 Å². The van der Waals surface area contributed by atoms with Crippen LogP contribution in [0.3, 0.4) is 0 Å². The minimum absolute atomic E-state index is 0.0977. The van der Waals surface area contributed by atoms with E-state index < -0.39 is 0 Å². The fourth-order valence-electron chi connectivity index (χ4n) is 1.98. The summed E-state index contributed by atoms with van der Waals surface area (Å²) in [6.45, 7) is 4.17. The van der Waals surface area contributed by atoms with E-state index in [1.54, 1.807) is 6.20 Å². The van der Waals surface area contributed by atoms with E-state index in [4.69, 9.17) is 0 Å². The molecule has 2 aromatic rings. The number of rotatable bonds is 6. The summed E-state index contributed by atoms with van der Waals surface area (Å²) in [7, 11) is 0. The lowest BCUT2D eigenvalue weighted by Gasteiger charge is -2.04. The van der Waals surface area contributed by atoms with Gasteiger partial charge in [0, 0.05) is 16.6 Å². The zero-order valence-electron chi connectivity index (χ0n) is 12.0. The average molecular weight is 288 g/mol. The van der Waals surface area contributed by atoms with Crippen molar-refractivity contribution in [3.8, 4) is 0 Å². The van der Waals surface area contributed by atoms with Crippen LogP contribution < -0.4 is 5.32 Å². The highest BCUT2D eigenvalue weighted by molar-refractivity contribution is 7.15. The number of nitrogens with one attached hydrogen (secondary N) is 1. The zero-order valence-corrected chi connectivity index (χ0v) is 12.8. The normalized spacial score (nSPS) is 10.5. The zero-order chi connectivity index (χ0) is 14.4. The van der Waals surface area contributed by atoms with E-state index in [0.29, 0.717) is 10.7 Å². The molecule has 0 fully saturated rings. The number of aromatic nitrogens is 1. The molecule has 0 aliphatic heterocycles. The Hall–Kier alpha value is -1.68. The Morgan fingerprint density at radius 3 is 2.60 bits per heavy atom. The molecule has 1 aromatic heterocycles. The first-order valence-corrected chi connectivity index (χ1v) is 7.83. The maximum Gasteiger partial charge on any atom is 0.257 e. The van der Waals surface area contributed by atoms with Gasteiger partial charge in [-0.2, -0.15) is 0 Å². The second-order valence-corrected chi connectivity index (χ2v) is 6.12. The van der Waals surface area contributed by atoms with Crippen LogP contribution in [0.15, 0.2) is 30.5 Å². The van der Waals surface area contributed by atoms with Gasteiger partial charge in [0.15, 0.2) is 5.13 Å². The largest absolute Gasteiger partial charge is 0.298 e. The van der Waals surface area contributed by atoms with E-state index in [1.807, 2.05) is 31.2 Å². The molecule has 0 unspecified atom stereocenters. The number of thiazole rings is 1. The van der Waals surface area contributed by atoms with Gasteiger partial charge in [-0.3, -0.25) is 10.1 Å². The molecule has 2 rings (SSSR count). The Kier molecular flexibility index (Phi) is 5.30. The lowest BCUT2D eigenvalue weighted by molar-refractivity contribution is 0.102. The molecule has 0 saturated carbocycles. The van der Waals surface area contributed by atoms with Crippen LogP contribution in [0.4, 0.5) is 5.13 Å². The Morgan fingerprint density at radius 1 is 1.25 bits per heavy atom. The van der Waals surface area contributed by atoms with E-state index >= 15 is 0 Å². The fourth-order valence-corrected chi connectivity index (χ4v) is 2.64. The van der Waals surface area contributed by atoms with Gasteiger partial charge in [0.05, 0.1) is 0 Å². The first-order valence-electron chi connectivity index (χ1n) is 7.01. The van der Waals surface area contributed by atoms with Crippen molar-refractivity contribution in [1.29, 1.82) is 0 Å². The summed E-state index contributed by atoms with van der Waals surface area (Å²) in [4.78, 5) is 17.3. The maximum atomic E-state index is 12.1. The number of aryl methyl sites for hydroxylation is 2. The minimum Gasteiger partial charge on any atom is -0.298 e. The van der Waals surface area contributed by atoms with Gasteiger partial charge < -0.3 is 0 Å². The molecule has 1 aromatic carbocycles. The third kappa shape index (κ3) is 4.17. The first-order chi connectivity index (χ1) is 9.69. The van der Waals surface area contributed by atoms with Crippen LogP contribution in [0.5, 0.6) is 0 Å². The molecule has 0 atom stereocenters. The van der Waals surface area contributed by atoms with Crippen LogP contribution in [0.25, 0.3) is 0 Å². The number of unbranched alkanes of at least 4 members (excludes halogenated alkanes) is 2. The second-order valence-electron chi connectivity index (χ2n) is 4.88. The van der Waals surface area contributed by atoms with Crippen molar-refractivity contribution in [2.45, 2.75) is 39.5 Å². The number of anilines is 1. The number of nitrogens with zero attached hydrogens (tertiary/aromatic N) is 1. The number of hydrogen-bond acceptors (Lipinski definition) is 3. The molecular formula is C16H20N2OS. The number of hydrogen-bond donors (Lipinski definition) is 1. The monoisotopic (exact) mass is 288 g/mol. The van der Waals surface area contributed by atoms with E-state index in [9.17, 15) is 4.79 Å². The highest BCUT2D eigenvalue weighted by Gasteiger charge is 2.08. The number of amides is 1. The maximum absolute atomic E-state index is 12.1. The third-order valence-electron chi connectivity index (χ3n) is 3.13. The average Bonchev–Trinajstić information content (AvgIpc) is 2.85. The first kappa shape index (κ1) is 14.7. The number of carbonyl (C=O) groups excluding carboxylic acids is 1. The molecule has 0 bridgehead atoms. The molecule has 0 aliphatic carbocycles. The molecule has 0 aliphatic rings. The van der Waals surface area contributed by atoms with Gasteiger partial charge in [0.2, 0.25) is 0 Å². The van der Waals surface area contributed by atoms with Crippen molar-refractivity contribution in [3.05, 3.63) is 46.5 Å². The van der Waals surface area contributed by atoms with E-state index in [0.717, 1.165) is 11.3 Å². The summed E-state index contributed by atoms with van der Waals surface area (Å²) in [5.74, 6) is -0.0977. The lowest BCUT2D eigenvalue weighted by atomic mass is 10.1. The van der Waals surface area contributed by atoms with E-state index in [-0.39, 0.29) is 5.91 Å². The highest BCUT2D eigenvalue weighted by atomic mass is 32.1. The molecule has 1 amide bonds. The summed E-state index contributed by atoms with van der Waals surface area (Å²) in [5, 5.41) is 3.47. The van der Waals surface area contributed by atoms with E-state index in [1.165, 1.54) is 36.2 Å². The minimum atomic E-state index is -0.0977. The molecule has 1 N–H and O–H groups in total. The smallest absolute Gasteiger partial charge is 0.257 e. The van der Waals surface area contributed by atoms with Crippen LogP contribution >= 0.6 is 11.3 Å². The van der Waals surface area contributed by atoms with Gasteiger partial charge in [-0.25, -0.2) is 4.98 Å². The van der Waals surface area contributed by atoms with Crippen LogP contribution in [-0.4, -0.2) is 10.9 Å². The topological polar surface area (TPSA) is 42.0 Å². The van der Waals surface area contributed by atoms with Gasteiger partial charge in [-0.15, -0.1) is 11.3 Å². The summed E-state index contributed by atoms with van der Waals surface area (Å²) < 4.78 is 0. The summed E-state index contributed by atoms with van der Waals surface area (Å²) >= 11 is 1.48. The van der Waals surface area contributed by atoms with Gasteiger partial charge in [0.1, 0.15) is 0 Å². The molecule has 3 nitrogen and oxygen atoms in total. The number of benzene rings is 1. The standard InChI is InChI=1S/C16H20N2OS/c1-3-4-5-6-13-7-9-14(10-8-13)15(19)18-16-17-11-12(2)20-16/h7-11H,3-6H2,1-2H3,(H,17,18,19). The highest BCUT2D eigenvalue weighted by Crippen LogP contribution is 2.17. The van der Waals surface area contributed by atoms with Crippen molar-refractivity contribution in [2.75, 3.05) is 5.32 Å². The molecule has 0 spiro atoms. The van der Waals surface area contributed by atoms with E-state index in [2.05, 4.69) is 17.2 Å². The molecule has 0 radical (unpaired) electrons. The van der Waals surface area contributed by atoms with Crippen molar-refractivity contribution in [1.82, 2.24) is 4.98 Å². The molecular weight excluding hydrogens is 268 g/mol. The Bertz CT molecular complexity index is 560. The predicted octanol–water partition coefficient (Wildman–Crippen LogP) is 4.44. The molecule has 106 valence electrons. The van der Waals surface area contributed by atoms with Crippen LogP contribution in [0.2, 0.25) is 0 Å². The van der Waals surface area contributed by atoms with Crippen molar-refractivity contribution in [3.63, 3.8) is 0 Å². The summed E-state index contributed by atoms with van der Waals surface area (Å²) in [6, 6.07) is 7.85. The van der Waals surface area contributed by atoms with Gasteiger partial charge in [0.25, 0.3) is 5.91 Å². The van der Waals surface area contributed by atoms with Gasteiger partial charge in [-0.1, -0.05) is 31.9 Å². The molecule has 20 heavy (non-hydrogen) atoms. The summed E-state index contributed by atoms with van der Waals surface area (Å²) in [6.07, 6.45) is 6.54. The second kappa shape index (κ2) is 7.20. The fraction of sp³-hybridized carbons (Fsp3) is 0.375. The Labute approximate surface area is 124 Å². The SMILES string of the molecule is CCCCCc1ccc(C(=O)Nc2ncc(C)s2)cc1. The van der Waals surface area contributed by atoms with Crippen molar-refractivity contribution >= 4 is 22.4 Å². The molecule has 0 saturated heterocycles. The summed E-state index contributed by atoms with van der Waals surface area (Å²) in [5.41, 5.74) is 1.97. The van der Waals surface area contributed by atoms with Crippen molar-refractivity contribution in [2.24, 2.45) is 0 Å². The Morgan fingerprint density at radius 2 is 2.00 bits per heavy atom. The molecule has 4 heteroatoms.